The van der Waals surface area contributed by atoms with E-state index < -0.39 is 0 Å². The van der Waals surface area contributed by atoms with Crippen LogP contribution >= 0.6 is 0 Å². The van der Waals surface area contributed by atoms with Gasteiger partial charge in [-0.25, -0.2) is 4.98 Å². The largest absolute Gasteiger partial charge is 0.497 e. The number of aromatic nitrogens is 4. The molecule has 2 aromatic heterocycles. The summed E-state index contributed by atoms with van der Waals surface area (Å²) in [7, 11) is 5.25. The van der Waals surface area contributed by atoms with Gasteiger partial charge in [-0.05, 0) is 25.1 Å². The van der Waals surface area contributed by atoms with E-state index in [0.29, 0.717) is 0 Å². The van der Waals surface area contributed by atoms with E-state index in [0.717, 1.165) is 90.1 Å². The average Bonchev–Trinajstić information content (AvgIpc) is 3.39. The van der Waals surface area contributed by atoms with Gasteiger partial charge in [0.25, 0.3) is 0 Å². The van der Waals surface area contributed by atoms with Crippen molar-refractivity contribution < 1.29 is 9.47 Å². The van der Waals surface area contributed by atoms with Gasteiger partial charge in [-0.2, -0.15) is 5.10 Å². The van der Waals surface area contributed by atoms with Crippen LogP contribution in [0.15, 0.2) is 67.3 Å². The number of methoxy groups -OCH3 is 2. The molecule has 5 rings (SSSR count). The van der Waals surface area contributed by atoms with Gasteiger partial charge in [-0.1, -0.05) is 6.58 Å². The molecule has 0 saturated carbocycles. The Morgan fingerprint density at radius 3 is 2.32 bits per heavy atom. The van der Waals surface area contributed by atoms with Crippen molar-refractivity contribution in [1.29, 1.82) is 0 Å². The molecule has 0 unspecified atom stereocenters. The summed E-state index contributed by atoms with van der Waals surface area (Å²) in [6.07, 6.45) is 5.55. The van der Waals surface area contributed by atoms with E-state index in [1.807, 2.05) is 43.7 Å². The molecule has 3 heterocycles. The van der Waals surface area contributed by atoms with Gasteiger partial charge in [0, 0.05) is 93.3 Å². The number of ether oxygens (including phenoxy) is 2. The summed E-state index contributed by atoms with van der Waals surface area (Å²) in [6.45, 7) is 11.9. The number of fused-ring (bicyclic) bond motifs is 1. The molecular weight excluding hydrogens is 478 g/mol. The van der Waals surface area contributed by atoms with Gasteiger partial charge < -0.3 is 19.3 Å². The Bertz CT molecular complexity index is 1400. The smallest absolute Gasteiger partial charge is 0.124 e. The summed E-state index contributed by atoms with van der Waals surface area (Å²) < 4.78 is 12.9. The molecule has 0 aliphatic carbocycles. The zero-order chi connectivity index (χ0) is 26.6. The third-order valence-electron chi connectivity index (χ3n) is 7.04. The summed E-state index contributed by atoms with van der Waals surface area (Å²) in [5, 5.41) is 4.28. The molecule has 0 amide bonds. The quantitative estimate of drug-likeness (QED) is 0.327. The highest BCUT2D eigenvalue weighted by Gasteiger charge is 2.19. The topological polar surface area (TPSA) is 71.8 Å². The van der Waals surface area contributed by atoms with Crippen LogP contribution in [-0.4, -0.2) is 83.0 Å². The predicted octanol–water partition coefficient (Wildman–Crippen LogP) is 4.34. The van der Waals surface area contributed by atoms with Crippen LogP contribution in [0.25, 0.3) is 22.3 Å². The Hall–Kier alpha value is -4.11. The minimum Gasteiger partial charge on any atom is -0.497 e. The van der Waals surface area contributed by atoms with Crippen molar-refractivity contribution >= 4 is 22.4 Å². The first kappa shape index (κ1) is 25.5. The third-order valence-corrected chi connectivity index (χ3v) is 7.04. The van der Waals surface area contributed by atoms with E-state index in [9.17, 15) is 0 Å². The number of aryl methyl sites for hydroxylation is 1. The second kappa shape index (κ2) is 11.1. The number of piperazine rings is 1. The summed E-state index contributed by atoms with van der Waals surface area (Å²) in [4.78, 5) is 16.7. The van der Waals surface area contributed by atoms with Gasteiger partial charge in [-0.15, -0.1) is 0 Å². The first-order valence-corrected chi connectivity index (χ1v) is 12.8. The minimum atomic E-state index is 0.749. The highest BCUT2D eigenvalue weighted by atomic mass is 16.5. The Balaban J connectivity index is 1.47. The molecular formula is C29H35N7O2. The summed E-state index contributed by atoms with van der Waals surface area (Å²) in [5.41, 5.74) is 6.59. The molecule has 0 N–H and O–H groups in total. The van der Waals surface area contributed by atoms with E-state index in [1.54, 1.807) is 25.1 Å². The monoisotopic (exact) mass is 513 g/mol. The standard InChI is InChI=1S/C29H35N7O2/c1-21(2)35-11-8-34(9-12-35)10-13-36(24-14-25(37-4)17-26(15-24)38-5)23-6-7-27-28(16-23)32-29(19-30-27)22-18-31-33(3)20-22/h6-7,14-20H,1,8-13H2,2-5H3. The summed E-state index contributed by atoms with van der Waals surface area (Å²) in [5.74, 6) is 1.50. The first-order valence-electron chi connectivity index (χ1n) is 12.8. The molecule has 1 fully saturated rings. The summed E-state index contributed by atoms with van der Waals surface area (Å²) >= 11 is 0. The van der Waals surface area contributed by atoms with Gasteiger partial charge in [0.2, 0.25) is 0 Å². The lowest BCUT2D eigenvalue weighted by molar-refractivity contribution is 0.163. The maximum absolute atomic E-state index is 5.59. The van der Waals surface area contributed by atoms with Crippen molar-refractivity contribution in [2.45, 2.75) is 6.92 Å². The molecule has 9 heteroatoms. The van der Waals surface area contributed by atoms with Gasteiger partial charge in [0.05, 0.1) is 43.3 Å². The predicted molar refractivity (Wildman–Crippen MR) is 151 cm³/mol. The van der Waals surface area contributed by atoms with Gasteiger partial charge in [0.1, 0.15) is 11.5 Å². The minimum absolute atomic E-state index is 0.749. The number of nitrogens with zero attached hydrogens (tertiary/aromatic N) is 7. The fraction of sp³-hybridized carbons (Fsp3) is 0.345. The number of hydrogen-bond donors (Lipinski definition) is 0. The van der Waals surface area contributed by atoms with Gasteiger partial charge in [-0.3, -0.25) is 14.6 Å². The zero-order valence-electron chi connectivity index (χ0n) is 22.6. The van der Waals surface area contributed by atoms with Gasteiger partial charge >= 0.3 is 0 Å². The van der Waals surface area contributed by atoms with E-state index in [-0.39, 0.29) is 0 Å². The van der Waals surface area contributed by atoms with Crippen molar-refractivity contribution in [1.82, 2.24) is 29.5 Å². The molecule has 1 saturated heterocycles. The number of allylic oxidation sites excluding steroid dienone is 1. The van der Waals surface area contributed by atoms with Crippen LogP contribution in [0, 0.1) is 0 Å². The van der Waals surface area contributed by atoms with Crippen LogP contribution in [0.5, 0.6) is 11.5 Å². The van der Waals surface area contributed by atoms with E-state index in [4.69, 9.17) is 14.5 Å². The van der Waals surface area contributed by atoms with E-state index >= 15 is 0 Å². The number of rotatable bonds is 9. The highest BCUT2D eigenvalue weighted by Crippen LogP contribution is 2.34. The zero-order valence-corrected chi connectivity index (χ0v) is 22.6. The molecule has 0 atom stereocenters. The van der Waals surface area contributed by atoms with Crippen LogP contribution in [0.1, 0.15) is 6.92 Å². The van der Waals surface area contributed by atoms with E-state index in [2.05, 4.69) is 50.4 Å². The molecule has 0 bridgehead atoms. The Morgan fingerprint density at radius 2 is 1.68 bits per heavy atom. The van der Waals surface area contributed by atoms with Crippen LogP contribution in [0.3, 0.4) is 0 Å². The van der Waals surface area contributed by atoms with Crippen molar-refractivity contribution in [2.75, 3.05) is 58.4 Å². The third kappa shape index (κ3) is 5.57. The molecule has 9 nitrogen and oxygen atoms in total. The molecule has 0 spiro atoms. The van der Waals surface area contributed by atoms with Crippen molar-refractivity contribution in [3.05, 3.63) is 67.3 Å². The maximum atomic E-state index is 5.59. The first-order chi connectivity index (χ1) is 18.4. The maximum Gasteiger partial charge on any atom is 0.124 e. The molecule has 198 valence electrons. The van der Waals surface area contributed by atoms with Crippen LogP contribution in [0.4, 0.5) is 11.4 Å². The Labute approximate surface area is 223 Å². The van der Waals surface area contributed by atoms with Crippen molar-refractivity contribution in [3.8, 4) is 22.8 Å². The lowest BCUT2D eigenvalue weighted by Gasteiger charge is -2.37. The Kier molecular flexibility index (Phi) is 7.46. The molecule has 38 heavy (non-hydrogen) atoms. The fourth-order valence-corrected chi connectivity index (χ4v) is 4.81. The second-order valence-electron chi connectivity index (χ2n) is 9.62. The summed E-state index contributed by atoms with van der Waals surface area (Å²) in [6, 6.07) is 12.2. The molecule has 1 aliphatic rings. The fourth-order valence-electron chi connectivity index (χ4n) is 4.81. The number of benzene rings is 2. The molecule has 0 radical (unpaired) electrons. The normalized spacial score (nSPS) is 14.1. The molecule has 2 aromatic carbocycles. The molecule has 1 aliphatic heterocycles. The number of hydrogen-bond acceptors (Lipinski definition) is 8. The highest BCUT2D eigenvalue weighted by molar-refractivity contribution is 5.82. The van der Waals surface area contributed by atoms with Crippen LogP contribution in [-0.2, 0) is 7.05 Å². The van der Waals surface area contributed by atoms with Crippen LogP contribution in [0.2, 0.25) is 0 Å². The van der Waals surface area contributed by atoms with Crippen molar-refractivity contribution in [2.24, 2.45) is 7.05 Å². The van der Waals surface area contributed by atoms with E-state index in [1.165, 1.54) is 0 Å². The Morgan fingerprint density at radius 1 is 0.947 bits per heavy atom. The SMILES string of the molecule is C=C(C)N1CCN(CCN(c2cc(OC)cc(OC)c2)c2ccc3ncc(-c4cnn(C)c4)nc3c2)CC1. The van der Waals surface area contributed by atoms with Crippen molar-refractivity contribution in [3.63, 3.8) is 0 Å². The average molecular weight is 514 g/mol. The second-order valence-corrected chi connectivity index (χ2v) is 9.62. The molecule has 4 aromatic rings. The van der Waals surface area contributed by atoms with Crippen LogP contribution < -0.4 is 14.4 Å². The van der Waals surface area contributed by atoms with Gasteiger partial charge in [0.15, 0.2) is 0 Å². The lowest BCUT2D eigenvalue weighted by atomic mass is 10.2. The lowest BCUT2D eigenvalue weighted by Crippen LogP contribution is -2.47. The number of anilines is 2.